The van der Waals surface area contributed by atoms with Gasteiger partial charge in [-0.1, -0.05) is 18.2 Å². The number of aliphatic hydroxyl groups excluding tert-OH is 1. The maximum Gasteiger partial charge on any atom is 0.282 e. The van der Waals surface area contributed by atoms with Crippen molar-refractivity contribution in [1.29, 1.82) is 0 Å². The van der Waals surface area contributed by atoms with Gasteiger partial charge < -0.3 is 5.11 Å². The zero-order valence-electron chi connectivity index (χ0n) is 19.3. The first-order chi connectivity index (χ1) is 15.6. The van der Waals surface area contributed by atoms with Crippen LogP contribution in [0.15, 0.2) is 63.1 Å². The number of nitrogens with zero attached hydrogens (tertiary/aromatic N) is 2. The molecule has 0 saturated carbocycles. The number of Topliss-reactive ketones (excluding diaryl/α,β-unsaturated/α-hetero) is 2. The van der Waals surface area contributed by atoms with Gasteiger partial charge in [-0.25, -0.2) is 8.78 Å². The number of aryl methyl sites for hydroxylation is 1. The minimum absolute atomic E-state index is 0.0409. The molecule has 0 atom stereocenters. The number of rotatable bonds is 5. The average molecular weight is 491 g/mol. The summed E-state index contributed by atoms with van der Waals surface area (Å²) in [7, 11) is -4.37. The summed E-state index contributed by atoms with van der Waals surface area (Å²) in [5, 5.41) is 11.0. The third-order valence-electron chi connectivity index (χ3n) is 5.85. The van der Waals surface area contributed by atoms with Gasteiger partial charge in [0.05, 0.1) is 27.0 Å². The smallest absolute Gasteiger partial charge is 0.282 e. The summed E-state index contributed by atoms with van der Waals surface area (Å²) in [5.41, 5.74) is -4.71. The fraction of sp³-hybridized carbons (Fsp3) is 0.333. The van der Waals surface area contributed by atoms with Crippen LogP contribution in [0.25, 0.3) is 0 Å². The monoisotopic (exact) mass is 490 g/mol. The molecule has 0 fully saturated rings. The molecule has 1 N–H and O–H groups in total. The predicted molar refractivity (Wildman–Crippen MR) is 122 cm³/mol. The number of carbonyl (C=O) groups is 2. The second-order valence-corrected chi connectivity index (χ2v) is 10.6. The molecule has 0 spiro atoms. The zero-order valence-corrected chi connectivity index (χ0v) is 20.1. The van der Waals surface area contributed by atoms with Crippen LogP contribution >= 0.6 is 0 Å². The van der Waals surface area contributed by atoms with E-state index in [0.717, 1.165) is 12.1 Å². The Kier molecular flexibility index (Phi) is 6.34. The number of hydrogen-bond acceptors (Lipinski definition) is 6. The van der Waals surface area contributed by atoms with E-state index in [9.17, 15) is 31.9 Å². The minimum atomic E-state index is -4.37. The topological polar surface area (TPSA) is 114 Å². The summed E-state index contributed by atoms with van der Waals surface area (Å²) in [6, 6.07) is 9.32. The maximum atomic E-state index is 13.6. The summed E-state index contributed by atoms with van der Waals surface area (Å²) in [5.74, 6) is -2.07. The average Bonchev–Trinajstić information content (AvgIpc) is 2.77. The van der Waals surface area contributed by atoms with Crippen molar-refractivity contribution in [1.82, 2.24) is 4.98 Å². The third-order valence-corrected chi connectivity index (χ3v) is 7.14. The molecule has 0 amide bonds. The molecule has 3 rings (SSSR count). The molecule has 10 heteroatoms. The SMILES string of the molecule is Cc1nc(C(F)F)ccc1C(=O)C1=C(O)C(C)(C)C(=O)C(C)(C)C1=NS(=O)(=O)c1ccccc1. The Morgan fingerprint density at radius 2 is 1.62 bits per heavy atom. The lowest BCUT2D eigenvalue weighted by molar-refractivity contribution is -0.132. The van der Waals surface area contributed by atoms with Crippen LogP contribution in [0.2, 0.25) is 0 Å². The van der Waals surface area contributed by atoms with Crippen LogP contribution in [0, 0.1) is 17.8 Å². The quantitative estimate of drug-likeness (QED) is 0.603. The summed E-state index contributed by atoms with van der Waals surface area (Å²) < 4.78 is 56.0. The number of ketones is 2. The van der Waals surface area contributed by atoms with Gasteiger partial charge >= 0.3 is 0 Å². The molecular formula is C24H24F2N2O5S. The normalized spacial score (nSPS) is 19.1. The first-order valence-electron chi connectivity index (χ1n) is 10.3. The van der Waals surface area contributed by atoms with Crippen molar-refractivity contribution in [3.8, 4) is 0 Å². The molecular weight excluding hydrogens is 466 g/mol. The highest BCUT2D eigenvalue weighted by atomic mass is 32.2. The Morgan fingerprint density at radius 3 is 2.15 bits per heavy atom. The van der Waals surface area contributed by atoms with E-state index in [1.165, 1.54) is 58.9 Å². The summed E-state index contributed by atoms with van der Waals surface area (Å²) in [6.07, 6.45) is -2.85. The van der Waals surface area contributed by atoms with Crippen molar-refractivity contribution in [3.63, 3.8) is 0 Å². The van der Waals surface area contributed by atoms with Gasteiger partial charge in [0.25, 0.3) is 16.4 Å². The van der Waals surface area contributed by atoms with E-state index in [-0.39, 0.29) is 16.2 Å². The van der Waals surface area contributed by atoms with Gasteiger partial charge in [0.2, 0.25) is 0 Å². The fourth-order valence-electron chi connectivity index (χ4n) is 3.95. The lowest BCUT2D eigenvalue weighted by Gasteiger charge is -2.40. The summed E-state index contributed by atoms with van der Waals surface area (Å²) in [4.78, 5) is 30.4. The Bertz CT molecular complexity index is 1340. The van der Waals surface area contributed by atoms with E-state index in [4.69, 9.17) is 0 Å². The molecule has 1 aliphatic rings. The van der Waals surface area contributed by atoms with E-state index < -0.39 is 61.6 Å². The molecule has 1 heterocycles. The van der Waals surface area contributed by atoms with Crippen molar-refractivity contribution < 1.29 is 31.9 Å². The molecule has 1 aliphatic carbocycles. The number of sulfonamides is 1. The number of carbonyl (C=O) groups excluding carboxylic acids is 2. The van der Waals surface area contributed by atoms with E-state index >= 15 is 0 Å². The molecule has 0 radical (unpaired) electrons. The molecule has 2 aromatic rings. The van der Waals surface area contributed by atoms with Crippen molar-refractivity contribution >= 4 is 27.3 Å². The van der Waals surface area contributed by atoms with Gasteiger partial charge in [-0.3, -0.25) is 14.6 Å². The Labute approximate surface area is 196 Å². The molecule has 34 heavy (non-hydrogen) atoms. The molecule has 0 unspecified atom stereocenters. The minimum Gasteiger partial charge on any atom is -0.510 e. The highest BCUT2D eigenvalue weighted by molar-refractivity contribution is 7.90. The molecule has 0 saturated heterocycles. The number of pyridine rings is 1. The first kappa shape index (κ1) is 25.4. The van der Waals surface area contributed by atoms with Crippen molar-refractivity contribution in [3.05, 3.63) is 70.7 Å². The summed E-state index contributed by atoms with van der Waals surface area (Å²) in [6.45, 7) is 7.00. The molecule has 0 bridgehead atoms. The highest BCUT2D eigenvalue weighted by Crippen LogP contribution is 2.45. The number of allylic oxidation sites excluding steroid dienone is 2. The van der Waals surface area contributed by atoms with E-state index in [1.54, 1.807) is 6.07 Å². The maximum absolute atomic E-state index is 13.6. The lowest BCUT2D eigenvalue weighted by Crippen LogP contribution is -2.50. The van der Waals surface area contributed by atoms with E-state index in [1.807, 2.05) is 0 Å². The second kappa shape index (κ2) is 8.50. The van der Waals surface area contributed by atoms with Crippen molar-refractivity contribution in [2.45, 2.75) is 45.9 Å². The number of aromatic nitrogens is 1. The van der Waals surface area contributed by atoms with Crippen molar-refractivity contribution in [2.75, 3.05) is 0 Å². The van der Waals surface area contributed by atoms with Gasteiger partial charge in [-0.15, -0.1) is 0 Å². The third kappa shape index (κ3) is 4.18. The Morgan fingerprint density at radius 1 is 1.03 bits per heavy atom. The lowest BCUT2D eigenvalue weighted by atomic mass is 9.62. The Balaban J connectivity index is 2.32. The Hall–Kier alpha value is -3.27. The number of aliphatic hydroxyl groups is 1. The van der Waals surface area contributed by atoms with Crippen LogP contribution < -0.4 is 0 Å². The largest absolute Gasteiger partial charge is 0.510 e. The predicted octanol–water partition coefficient (Wildman–Crippen LogP) is 4.79. The van der Waals surface area contributed by atoms with Gasteiger partial charge in [-0.05, 0) is 58.9 Å². The number of hydrogen-bond donors (Lipinski definition) is 1. The zero-order chi connectivity index (χ0) is 25.6. The molecule has 180 valence electrons. The molecule has 0 aliphatic heterocycles. The van der Waals surface area contributed by atoms with Crippen molar-refractivity contribution in [2.24, 2.45) is 15.2 Å². The van der Waals surface area contributed by atoms with E-state index in [2.05, 4.69) is 9.38 Å². The van der Waals surface area contributed by atoms with Crippen LogP contribution in [0.1, 0.15) is 55.9 Å². The van der Waals surface area contributed by atoms with Gasteiger partial charge in [0.15, 0.2) is 11.6 Å². The fourth-order valence-corrected chi connectivity index (χ4v) is 5.12. The highest BCUT2D eigenvalue weighted by Gasteiger charge is 2.54. The number of benzene rings is 1. The van der Waals surface area contributed by atoms with E-state index in [0.29, 0.717) is 0 Å². The van der Waals surface area contributed by atoms with Gasteiger partial charge in [0.1, 0.15) is 11.5 Å². The molecule has 1 aromatic carbocycles. The van der Waals surface area contributed by atoms with Crippen LogP contribution in [-0.4, -0.2) is 35.8 Å². The molecule has 7 nitrogen and oxygen atoms in total. The number of alkyl halides is 2. The number of halogens is 2. The molecule has 1 aromatic heterocycles. The van der Waals surface area contributed by atoms with Crippen LogP contribution in [0.5, 0.6) is 0 Å². The van der Waals surface area contributed by atoms with Gasteiger partial charge in [-0.2, -0.15) is 12.8 Å². The van der Waals surface area contributed by atoms with Crippen LogP contribution in [0.4, 0.5) is 8.78 Å². The first-order valence-corrected chi connectivity index (χ1v) is 11.8. The van der Waals surface area contributed by atoms with Crippen LogP contribution in [0.3, 0.4) is 0 Å². The van der Waals surface area contributed by atoms with Crippen LogP contribution in [-0.2, 0) is 14.8 Å². The summed E-state index contributed by atoms with van der Waals surface area (Å²) >= 11 is 0. The second-order valence-electron chi connectivity index (χ2n) is 9.03. The van der Waals surface area contributed by atoms with Gasteiger partial charge in [0, 0.05) is 11.3 Å². The standard InChI is InChI=1S/C24H24F2N2O5S/c1-13-15(11-12-16(27-13)21(25)26)18(29)17-19(23(2,3)22(31)24(4,5)20(17)30)28-34(32,33)14-9-7-6-8-10-14/h6-12,21,30H,1-5H3.